The van der Waals surface area contributed by atoms with Crippen molar-refractivity contribution >= 4 is 23.5 Å². The number of methoxy groups -OCH3 is 1. The van der Waals surface area contributed by atoms with Crippen molar-refractivity contribution in [1.29, 1.82) is 0 Å². The molecule has 2 unspecified atom stereocenters. The number of aliphatic carboxylic acids is 1. The van der Waals surface area contributed by atoms with Crippen LogP contribution in [0.3, 0.4) is 0 Å². The fourth-order valence-electron chi connectivity index (χ4n) is 2.16. The lowest BCUT2D eigenvalue weighted by molar-refractivity contribution is -0.144. The van der Waals surface area contributed by atoms with Gasteiger partial charge in [0.25, 0.3) is 5.91 Å². The molecule has 2 N–H and O–H groups in total. The maximum Gasteiger partial charge on any atom is 0.308 e. The van der Waals surface area contributed by atoms with Crippen LogP contribution in [-0.2, 0) is 19.0 Å². The summed E-state index contributed by atoms with van der Waals surface area (Å²) in [6, 6.07) is 5.92. The minimum absolute atomic E-state index is 0.0497. The highest BCUT2D eigenvalue weighted by atomic mass is 35.5. The van der Waals surface area contributed by atoms with E-state index in [-0.39, 0.29) is 32.3 Å². The normalized spacial score (nSPS) is 13.2. The second-order valence-corrected chi connectivity index (χ2v) is 5.82. The predicted octanol–water partition coefficient (Wildman–Crippen LogP) is 2.19. The summed E-state index contributed by atoms with van der Waals surface area (Å²) in [7, 11) is 1.43. The van der Waals surface area contributed by atoms with Crippen molar-refractivity contribution in [2.45, 2.75) is 19.4 Å². The van der Waals surface area contributed by atoms with Crippen LogP contribution < -0.4 is 5.32 Å². The summed E-state index contributed by atoms with van der Waals surface area (Å²) < 4.78 is 15.4. The first-order chi connectivity index (χ1) is 12.0. The highest BCUT2D eigenvalue weighted by molar-refractivity contribution is 6.30. The Balaban J connectivity index is 2.72. The molecule has 1 amide bonds. The van der Waals surface area contributed by atoms with E-state index in [0.29, 0.717) is 17.2 Å². The molecule has 0 radical (unpaired) electrons. The maximum absolute atomic E-state index is 12.3. The van der Waals surface area contributed by atoms with Gasteiger partial charge in [-0.15, -0.1) is 0 Å². The van der Waals surface area contributed by atoms with Crippen molar-refractivity contribution in [2.75, 3.05) is 33.7 Å². The van der Waals surface area contributed by atoms with Gasteiger partial charge in [0.05, 0.1) is 25.2 Å². The van der Waals surface area contributed by atoms with Crippen LogP contribution in [0.25, 0.3) is 0 Å². The molecular formula is C17H24ClNO6. The molecule has 25 heavy (non-hydrogen) atoms. The van der Waals surface area contributed by atoms with Crippen molar-refractivity contribution in [2.24, 2.45) is 5.92 Å². The smallest absolute Gasteiger partial charge is 0.308 e. The van der Waals surface area contributed by atoms with Gasteiger partial charge in [0.1, 0.15) is 6.79 Å². The Labute approximate surface area is 152 Å². The summed E-state index contributed by atoms with van der Waals surface area (Å²) in [6.45, 7) is 2.60. The van der Waals surface area contributed by atoms with Gasteiger partial charge in [0.2, 0.25) is 0 Å². The highest BCUT2D eigenvalue weighted by Gasteiger charge is 2.24. The molecule has 1 rings (SSSR count). The zero-order valence-electron chi connectivity index (χ0n) is 14.4. The van der Waals surface area contributed by atoms with E-state index in [2.05, 4.69) is 5.32 Å². The molecule has 0 bridgehead atoms. The van der Waals surface area contributed by atoms with Crippen molar-refractivity contribution < 1.29 is 28.9 Å². The van der Waals surface area contributed by atoms with E-state index in [9.17, 15) is 14.7 Å². The number of hydrogen-bond acceptors (Lipinski definition) is 5. The van der Waals surface area contributed by atoms with Gasteiger partial charge in [-0.05, 0) is 37.6 Å². The van der Waals surface area contributed by atoms with E-state index in [4.69, 9.17) is 25.8 Å². The summed E-state index contributed by atoms with van der Waals surface area (Å²) in [6.07, 6.45) is 0.175. The maximum atomic E-state index is 12.3. The lowest BCUT2D eigenvalue weighted by atomic mass is 10.0. The third-order valence-electron chi connectivity index (χ3n) is 3.42. The van der Waals surface area contributed by atoms with E-state index in [1.165, 1.54) is 7.11 Å². The molecule has 7 nitrogen and oxygen atoms in total. The van der Waals surface area contributed by atoms with Gasteiger partial charge in [-0.1, -0.05) is 11.6 Å². The molecule has 0 spiro atoms. The summed E-state index contributed by atoms with van der Waals surface area (Å²) in [5.74, 6) is -2.07. The van der Waals surface area contributed by atoms with Gasteiger partial charge in [-0.2, -0.15) is 0 Å². The Bertz CT molecular complexity index is 536. The van der Waals surface area contributed by atoms with Gasteiger partial charge in [-0.3, -0.25) is 9.59 Å². The van der Waals surface area contributed by atoms with Crippen LogP contribution in [0.1, 0.15) is 23.7 Å². The van der Waals surface area contributed by atoms with E-state index in [1.807, 2.05) is 6.92 Å². The van der Waals surface area contributed by atoms with Crippen LogP contribution in [0.5, 0.6) is 0 Å². The van der Waals surface area contributed by atoms with E-state index >= 15 is 0 Å². The van der Waals surface area contributed by atoms with Crippen molar-refractivity contribution in [3.8, 4) is 0 Å². The molecule has 0 aromatic heterocycles. The Morgan fingerprint density at radius 1 is 1.20 bits per heavy atom. The lowest BCUT2D eigenvalue weighted by Gasteiger charge is -2.22. The Morgan fingerprint density at radius 2 is 1.88 bits per heavy atom. The summed E-state index contributed by atoms with van der Waals surface area (Å²) in [4.78, 5) is 23.7. The largest absolute Gasteiger partial charge is 0.481 e. The van der Waals surface area contributed by atoms with Crippen LogP contribution in [0, 0.1) is 5.92 Å². The molecular weight excluding hydrogens is 350 g/mol. The van der Waals surface area contributed by atoms with Gasteiger partial charge in [0.15, 0.2) is 0 Å². The third-order valence-corrected chi connectivity index (χ3v) is 3.67. The third kappa shape index (κ3) is 8.31. The number of carbonyl (C=O) groups excluding carboxylic acids is 1. The second kappa shape index (κ2) is 11.8. The number of benzene rings is 1. The summed E-state index contributed by atoms with van der Waals surface area (Å²) in [5.41, 5.74) is 0.429. The molecule has 1 aromatic rings. The van der Waals surface area contributed by atoms with Crippen molar-refractivity contribution in [1.82, 2.24) is 5.32 Å². The molecule has 140 valence electrons. The molecule has 0 saturated heterocycles. The molecule has 2 atom stereocenters. The van der Waals surface area contributed by atoms with Crippen molar-refractivity contribution in [3.05, 3.63) is 34.9 Å². The van der Waals surface area contributed by atoms with Crippen LogP contribution in [-0.4, -0.2) is 56.7 Å². The molecule has 0 fully saturated rings. The van der Waals surface area contributed by atoms with E-state index in [1.54, 1.807) is 24.3 Å². The average molecular weight is 374 g/mol. The number of amides is 1. The predicted molar refractivity (Wildman–Crippen MR) is 92.8 cm³/mol. The SMILES string of the molecule is CCOCOCC(CC(COC)C(=O)O)NC(=O)c1ccc(Cl)cc1. The van der Waals surface area contributed by atoms with Crippen LogP contribution in [0.2, 0.25) is 5.02 Å². The first-order valence-electron chi connectivity index (χ1n) is 7.91. The number of nitrogens with one attached hydrogen (secondary N) is 1. The monoisotopic (exact) mass is 373 g/mol. The standard InChI is InChI=1S/C17H24ClNO6/c1-3-24-11-25-10-15(8-13(9-23-2)17(21)22)19-16(20)12-4-6-14(18)7-5-12/h4-7,13,15H,3,8-11H2,1-2H3,(H,19,20)(H,21,22). The number of carboxylic acid groups (broad SMARTS) is 1. The molecule has 0 aliphatic heterocycles. The zero-order chi connectivity index (χ0) is 18.7. The Hall–Kier alpha value is -1.67. The molecule has 1 aromatic carbocycles. The molecule has 8 heteroatoms. The van der Waals surface area contributed by atoms with Gasteiger partial charge in [0, 0.05) is 24.3 Å². The number of carboxylic acids is 1. The van der Waals surface area contributed by atoms with Crippen molar-refractivity contribution in [3.63, 3.8) is 0 Å². The van der Waals surface area contributed by atoms with Gasteiger partial charge >= 0.3 is 5.97 Å². The number of ether oxygens (including phenoxy) is 3. The quantitative estimate of drug-likeness (QED) is 0.431. The highest BCUT2D eigenvalue weighted by Crippen LogP contribution is 2.12. The van der Waals surface area contributed by atoms with Crippen LogP contribution in [0.4, 0.5) is 0 Å². The summed E-state index contributed by atoms with van der Waals surface area (Å²) in [5, 5.41) is 12.6. The van der Waals surface area contributed by atoms with Crippen LogP contribution >= 0.6 is 11.6 Å². The van der Waals surface area contributed by atoms with Gasteiger partial charge < -0.3 is 24.6 Å². The minimum atomic E-state index is -0.989. The first kappa shape index (κ1) is 21.4. The minimum Gasteiger partial charge on any atom is -0.481 e. The Morgan fingerprint density at radius 3 is 2.44 bits per heavy atom. The summed E-state index contributed by atoms with van der Waals surface area (Å²) >= 11 is 5.81. The number of rotatable bonds is 12. The fraction of sp³-hybridized carbons (Fsp3) is 0.529. The van der Waals surface area contributed by atoms with Crippen LogP contribution in [0.15, 0.2) is 24.3 Å². The number of hydrogen-bond donors (Lipinski definition) is 2. The second-order valence-electron chi connectivity index (χ2n) is 5.38. The molecule has 0 heterocycles. The number of halogens is 1. The van der Waals surface area contributed by atoms with E-state index < -0.39 is 17.9 Å². The Kier molecular flexibility index (Phi) is 10.1. The fourth-order valence-corrected chi connectivity index (χ4v) is 2.28. The zero-order valence-corrected chi connectivity index (χ0v) is 15.1. The molecule has 0 saturated carbocycles. The number of carbonyl (C=O) groups is 2. The topological polar surface area (TPSA) is 94.1 Å². The lowest BCUT2D eigenvalue weighted by Crippen LogP contribution is -2.41. The molecule has 0 aliphatic rings. The van der Waals surface area contributed by atoms with E-state index in [0.717, 1.165) is 0 Å². The van der Waals surface area contributed by atoms with Gasteiger partial charge in [-0.25, -0.2) is 0 Å². The first-order valence-corrected chi connectivity index (χ1v) is 8.29. The molecule has 0 aliphatic carbocycles. The average Bonchev–Trinajstić information content (AvgIpc) is 2.58.